The van der Waals surface area contributed by atoms with E-state index >= 15 is 0 Å². The molecule has 1 rings (SSSR count). The second kappa shape index (κ2) is 9.23. The molecule has 0 bridgehead atoms. The number of hydrogen-bond donors (Lipinski definition) is 2. The number of amides is 1. The van der Waals surface area contributed by atoms with Crippen LogP contribution in [0.5, 0.6) is 5.75 Å². The van der Waals surface area contributed by atoms with Gasteiger partial charge in [-0.1, -0.05) is 20.3 Å². The summed E-state index contributed by atoms with van der Waals surface area (Å²) in [4.78, 5) is 11.6. The molecule has 0 aliphatic rings. The third-order valence-corrected chi connectivity index (χ3v) is 3.09. The Morgan fingerprint density at radius 1 is 1.25 bits per heavy atom. The molecule has 0 heterocycles. The van der Waals surface area contributed by atoms with E-state index < -0.39 is 0 Å². The molecule has 2 N–H and O–H groups in total. The van der Waals surface area contributed by atoms with Crippen molar-refractivity contribution in [2.75, 3.05) is 18.5 Å². The fourth-order valence-corrected chi connectivity index (χ4v) is 1.61. The number of carbonyl (C=O) groups excluding carboxylic acids is 1. The summed E-state index contributed by atoms with van der Waals surface area (Å²) >= 11 is 0. The Bertz CT molecular complexity index is 390. The zero-order valence-electron chi connectivity index (χ0n) is 12.7. The van der Waals surface area contributed by atoms with Gasteiger partial charge in [0.25, 0.3) is 0 Å². The van der Waals surface area contributed by atoms with E-state index in [1.54, 1.807) is 0 Å². The molecule has 112 valence electrons. The van der Waals surface area contributed by atoms with Crippen LogP contribution in [0.2, 0.25) is 0 Å². The SMILES string of the molecule is CCCCOc1ccc(NCC(=O)NC(C)CC)cc1. The number of nitrogens with one attached hydrogen (secondary N) is 2. The number of unbranched alkanes of at least 4 members (excludes halogenated alkanes) is 1. The molecule has 1 amide bonds. The molecular weight excluding hydrogens is 252 g/mol. The third-order valence-electron chi connectivity index (χ3n) is 3.09. The molecule has 0 spiro atoms. The Morgan fingerprint density at radius 3 is 2.55 bits per heavy atom. The first kappa shape index (κ1) is 16.3. The van der Waals surface area contributed by atoms with E-state index in [9.17, 15) is 4.79 Å². The molecule has 0 aliphatic heterocycles. The maximum absolute atomic E-state index is 11.6. The van der Waals surface area contributed by atoms with Crippen molar-refractivity contribution in [3.8, 4) is 5.75 Å². The van der Waals surface area contributed by atoms with Crippen LogP contribution in [0.3, 0.4) is 0 Å². The molecule has 0 radical (unpaired) electrons. The second-order valence-electron chi connectivity index (χ2n) is 4.96. The van der Waals surface area contributed by atoms with Gasteiger partial charge in [-0.3, -0.25) is 4.79 Å². The van der Waals surface area contributed by atoms with Crippen LogP contribution in [0.4, 0.5) is 5.69 Å². The van der Waals surface area contributed by atoms with Crippen molar-refractivity contribution in [3.63, 3.8) is 0 Å². The fraction of sp³-hybridized carbons (Fsp3) is 0.562. The minimum atomic E-state index is 0.0163. The zero-order chi connectivity index (χ0) is 14.8. The van der Waals surface area contributed by atoms with Crippen molar-refractivity contribution in [1.82, 2.24) is 5.32 Å². The minimum absolute atomic E-state index is 0.0163. The Hall–Kier alpha value is -1.71. The summed E-state index contributed by atoms with van der Waals surface area (Å²) in [6, 6.07) is 7.92. The molecule has 1 aromatic carbocycles. The Balaban J connectivity index is 2.32. The van der Waals surface area contributed by atoms with Crippen LogP contribution in [-0.2, 0) is 4.79 Å². The number of carbonyl (C=O) groups is 1. The average molecular weight is 278 g/mol. The zero-order valence-corrected chi connectivity index (χ0v) is 12.7. The number of anilines is 1. The Kier molecular flexibility index (Phi) is 7.55. The average Bonchev–Trinajstić information content (AvgIpc) is 2.46. The standard InChI is InChI=1S/C16H26N2O2/c1-4-6-11-20-15-9-7-14(8-10-15)17-12-16(19)18-13(3)5-2/h7-10,13,17H,4-6,11-12H2,1-3H3,(H,18,19). The van der Waals surface area contributed by atoms with Gasteiger partial charge in [0.05, 0.1) is 13.2 Å². The third kappa shape index (κ3) is 6.45. The predicted octanol–water partition coefficient (Wildman–Crippen LogP) is 3.19. The lowest BCUT2D eigenvalue weighted by Crippen LogP contribution is -2.36. The highest BCUT2D eigenvalue weighted by Gasteiger charge is 2.04. The summed E-state index contributed by atoms with van der Waals surface area (Å²) in [5, 5.41) is 6.02. The first-order valence-corrected chi connectivity index (χ1v) is 7.41. The number of hydrogen-bond acceptors (Lipinski definition) is 3. The van der Waals surface area contributed by atoms with Gasteiger partial charge >= 0.3 is 0 Å². The highest BCUT2D eigenvalue weighted by molar-refractivity contribution is 5.80. The lowest BCUT2D eigenvalue weighted by atomic mass is 10.2. The molecular formula is C16H26N2O2. The van der Waals surface area contributed by atoms with Crippen molar-refractivity contribution in [2.45, 2.75) is 46.1 Å². The van der Waals surface area contributed by atoms with E-state index in [1.807, 2.05) is 31.2 Å². The minimum Gasteiger partial charge on any atom is -0.494 e. The summed E-state index contributed by atoms with van der Waals surface area (Å²) in [5.74, 6) is 0.885. The van der Waals surface area contributed by atoms with Gasteiger partial charge in [0.2, 0.25) is 5.91 Å². The molecule has 1 aromatic rings. The van der Waals surface area contributed by atoms with E-state index in [2.05, 4.69) is 24.5 Å². The lowest BCUT2D eigenvalue weighted by molar-refractivity contribution is -0.120. The summed E-state index contributed by atoms with van der Waals surface area (Å²) in [5.41, 5.74) is 0.923. The first-order chi connectivity index (χ1) is 9.65. The van der Waals surface area contributed by atoms with Gasteiger partial charge < -0.3 is 15.4 Å². The van der Waals surface area contributed by atoms with Gasteiger partial charge in [0, 0.05) is 11.7 Å². The smallest absolute Gasteiger partial charge is 0.239 e. The Morgan fingerprint density at radius 2 is 1.95 bits per heavy atom. The Labute approximate surface area is 121 Å². The maximum Gasteiger partial charge on any atom is 0.239 e. The van der Waals surface area contributed by atoms with Crippen LogP contribution >= 0.6 is 0 Å². The predicted molar refractivity (Wildman–Crippen MR) is 83.2 cm³/mol. The van der Waals surface area contributed by atoms with Crippen molar-refractivity contribution in [1.29, 1.82) is 0 Å². The molecule has 0 saturated carbocycles. The van der Waals surface area contributed by atoms with Crippen molar-refractivity contribution in [3.05, 3.63) is 24.3 Å². The molecule has 20 heavy (non-hydrogen) atoms. The number of benzene rings is 1. The van der Waals surface area contributed by atoms with Crippen LogP contribution in [0.25, 0.3) is 0 Å². The van der Waals surface area contributed by atoms with Gasteiger partial charge in [0.1, 0.15) is 5.75 Å². The quantitative estimate of drug-likeness (QED) is 0.682. The molecule has 0 aromatic heterocycles. The van der Waals surface area contributed by atoms with Crippen LogP contribution in [0.15, 0.2) is 24.3 Å². The summed E-state index contributed by atoms with van der Waals surface area (Å²) < 4.78 is 5.59. The molecule has 0 aliphatic carbocycles. The summed E-state index contributed by atoms with van der Waals surface area (Å²) in [6.07, 6.45) is 3.14. The van der Waals surface area contributed by atoms with Gasteiger partial charge in [-0.05, 0) is 44.0 Å². The maximum atomic E-state index is 11.6. The molecule has 0 fully saturated rings. The summed E-state index contributed by atoms with van der Waals surface area (Å²) in [7, 11) is 0. The van der Waals surface area contributed by atoms with Crippen LogP contribution < -0.4 is 15.4 Å². The van der Waals surface area contributed by atoms with E-state index in [0.29, 0.717) is 6.54 Å². The van der Waals surface area contributed by atoms with E-state index in [0.717, 1.165) is 37.3 Å². The molecule has 4 heteroatoms. The number of rotatable bonds is 9. The van der Waals surface area contributed by atoms with Gasteiger partial charge in [-0.2, -0.15) is 0 Å². The van der Waals surface area contributed by atoms with Crippen LogP contribution in [-0.4, -0.2) is 25.1 Å². The van der Waals surface area contributed by atoms with Crippen molar-refractivity contribution >= 4 is 11.6 Å². The van der Waals surface area contributed by atoms with Crippen LogP contribution in [0.1, 0.15) is 40.0 Å². The summed E-state index contributed by atoms with van der Waals surface area (Å²) in [6.45, 7) is 7.23. The lowest BCUT2D eigenvalue weighted by Gasteiger charge is -2.12. The first-order valence-electron chi connectivity index (χ1n) is 7.41. The highest BCUT2D eigenvalue weighted by Crippen LogP contribution is 2.15. The molecule has 0 saturated heterocycles. The highest BCUT2D eigenvalue weighted by atomic mass is 16.5. The van der Waals surface area contributed by atoms with Crippen molar-refractivity contribution < 1.29 is 9.53 Å². The van der Waals surface area contributed by atoms with E-state index in [-0.39, 0.29) is 11.9 Å². The monoisotopic (exact) mass is 278 g/mol. The second-order valence-corrected chi connectivity index (χ2v) is 4.96. The van der Waals surface area contributed by atoms with E-state index in [4.69, 9.17) is 4.74 Å². The molecule has 1 atom stereocenters. The number of ether oxygens (including phenoxy) is 1. The van der Waals surface area contributed by atoms with Crippen LogP contribution in [0, 0.1) is 0 Å². The van der Waals surface area contributed by atoms with Gasteiger partial charge in [-0.25, -0.2) is 0 Å². The van der Waals surface area contributed by atoms with E-state index in [1.165, 1.54) is 0 Å². The van der Waals surface area contributed by atoms with Gasteiger partial charge in [0.15, 0.2) is 0 Å². The topological polar surface area (TPSA) is 50.4 Å². The normalized spacial score (nSPS) is 11.8. The van der Waals surface area contributed by atoms with Gasteiger partial charge in [-0.15, -0.1) is 0 Å². The largest absolute Gasteiger partial charge is 0.494 e. The fourth-order valence-electron chi connectivity index (χ4n) is 1.61. The molecule has 4 nitrogen and oxygen atoms in total. The van der Waals surface area contributed by atoms with Crippen molar-refractivity contribution in [2.24, 2.45) is 0 Å². The molecule has 1 unspecified atom stereocenters.